The van der Waals surface area contributed by atoms with Crippen LogP contribution in [0, 0.1) is 16.0 Å². The zero-order chi connectivity index (χ0) is 20.4. The number of nitro groups is 1. The van der Waals surface area contributed by atoms with Gasteiger partial charge in [0.25, 0.3) is 5.69 Å². The second-order valence-electron chi connectivity index (χ2n) is 8.00. The van der Waals surface area contributed by atoms with Crippen molar-refractivity contribution >= 4 is 17.4 Å². The summed E-state index contributed by atoms with van der Waals surface area (Å²) in [4.78, 5) is 35.6. The summed E-state index contributed by atoms with van der Waals surface area (Å²) in [5.74, 6) is -0.00489. The third kappa shape index (κ3) is 4.60. The highest BCUT2D eigenvalue weighted by Crippen LogP contribution is 2.36. The van der Waals surface area contributed by atoms with Gasteiger partial charge in [0.1, 0.15) is 13.1 Å². The summed E-state index contributed by atoms with van der Waals surface area (Å²) in [7, 11) is 0. The van der Waals surface area contributed by atoms with E-state index < -0.39 is 4.92 Å². The van der Waals surface area contributed by atoms with E-state index >= 15 is 0 Å². The van der Waals surface area contributed by atoms with Crippen LogP contribution < -0.4 is 17.0 Å². The number of hydrogen-bond donors (Lipinski definition) is 0. The fourth-order valence-corrected chi connectivity index (χ4v) is 4.52. The predicted octanol–water partition coefficient (Wildman–Crippen LogP) is 0.248. The summed E-state index contributed by atoms with van der Waals surface area (Å²) in [6.45, 7) is 2.75. The molecule has 2 aromatic rings. The lowest BCUT2D eigenvalue weighted by Gasteiger charge is -2.51. The number of piperidine rings is 3. The van der Waals surface area contributed by atoms with E-state index in [-0.39, 0.29) is 40.5 Å². The highest BCUT2D eigenvalue weighted by molar-refractivity contribution is 5.97. The Morgan fingerprint density at radius 3 is 2.23 bits per heavy atom. The van der Waals surface area contributed by atoms with Crippen LogP contribution in [0.15, 0.2) is 54.6 Å². The monoisotopic (exact) mass is 474 g/mol. The number of carbonyl (C=O) groups is 2. The average Bonchev–Trinajstić information content (AvgIpc) is 2.75. The van der Waals surface area contributed by atoms with Crippen molar-refractivity contribution in [3.63, 3.8) is 0 Å². The predicted molar refractivity (Wildman–Crippen MR) is 106 cm³/mol. The highest BCUT2D eigenvalue weighted by Gasteiger charge is 2.48. The summed E-state index contributed by atoms with van der Waals surface area (Å²) >= 11 is 0. The fourth-order valence-electron chi connectivity index (χ4n) is 4.52. The molecule has 8 heteroatoms. The van der Waals surface area contributed by atoms with Gasteiger partial charge in [-0.3, -0.25) is 14.9 Å². The van der Waals surface area contributed by atoms with Gasteiger partial charge in [-0.2, -0.15) is 0 Å². The van der Waals surface area contributed by atoms with E-state index in [0.29, 0.717) is 34.6 Å². The molecule has 0 spiro atoms. The molecule has 0 aliphatic carbocycles. The fraction of sp³-hybridized carbons (Fsp3) is 0.364. The van der Waals surface area contributed by atoms with Crippen LogP contribution >= 0.6 is 0 Å². The molecule has 0 amide bonds. The molecule has 0 saturated carbocycles. The summed E-state index contributed by atoms with van der Waals surface area (Å²) in [6.07, 6.45) is 1.68. The van der Waals surface area contributed by atoms with E-state index in [1.54, 1.807) is 12.1 Å². The molecule has 7 nitrogen and oxygen atoms in total. The van der Waals surface area contributed by atoms with Crippen molar-refractivity contribution in [1.29, 1.82) is 0 Å². The molecule has 5 rings (SSSR count). The second kappa shape index (κ2) is 9.06. The Labute approximate surface area is 185 Å². The topological polar surface area (TPSA) is 86.5 Å². The number of esters is 1. The van der Waals surface area contributed by atoms with Gasteiger partial charge < -0.3 is 26.2 Å². The van der Waals surface area contributed by atoms with Crippen LogP contribution in [-0.2, 0) is 4.74 Å². The van der Waals surface area contributed by atoms with Crippen LogP contribution in [0.2, 0.25) is 0 Å². The maximum absolute atomic E-state index is 12.8. The summed E-state index contributed by atoms with van der Waals surface area (Å²) in [5, 5.41) is 10.8. The highest BCUT2D eigenvalue weighted by atomic mass is 79.9. The Morgan fingerprint density at radius 1 is 1.00 bits per heavy atom. The number of nitro benzene ring substituents is 1. The lowest BCUT2D eigenvalue weighted by molar-refractivity contribution is -0.938. The van der Waals surface area contributed by atoms with E-state index in [1.807, 2.05) is 18.2 Å². The molecule has 158 valence electrons. The molecule has 30 heavy (non-hydrogen) atoms. The van der Waals surface area contributed by atoms with Crippen molar-refractivity contribution in [3.05, 3.63) is 75.8 Å². The summed E-state index contributed by atoms with van der Waals surface area (Å²) < 4.78 is 6.44. The Hall–Kier alpha value is -2.58. The molecule has 0 aromatic heterocycles. The van der Waals surface area contributed by atoms with Crippen LogP contribution in [-0.4, -0.2) is 53.4 Å². The molecule has 2 bridgehead atoms. The van der Waals surface area contributed by atoms with E-state index in [9.17, 15) is 19.7 Å². The third-order valence-electron chi connectivity index (χ3n) is 6.19. The van der Waals surface area contributed by atoms with Gasteiger partial charge in [-0.25, -0.2) is 4.79 Å². The van der Waals surface area contributed by atoms with Crippen molar-refractivity contribution in [3.8, 4) is 0 Å². The Balaban J connectivity index is 0.00000256. The zero-order valence-corrected chi connectivity index (χ0v) is 18.0. The number of non-ortho nitro benzene ring substituents is 1. The number of rotatable bonds is 6. The maximum atomic E-state index is 12.8. The number of nitrogens with zero attached hydrogens (tertiary/aromatic N) is 2. The molecule has 3 fully saturated rings. The molecule has 0 radical (unpaired) electrons. The van der Waals surface area contributed by atoms with Gasteiger partial charge in [0, 0.05) is 36.5 Å². The minimum absolute atomic E-state index is 0. The SMILES string of the molecule is O=C(C[N+]12CCC(CC1)C(OC(=O)c1ccccc1)C2)c1ccc([N+](=O)[O-])cc1.[Br-]. The largest absolute Gasteiger partial charge is 1.00 e. The molecule has 1 unspecified atom stereocenters. The minimum atomic E-state index is -0.475. The standard InChI is InChI=1S/C22H23N2O5.BrH/c25-20(16-6-8-19(9-7-16)23(27)28)14-24-12-10-17(11-13-24)21(15-24)29-22(26)18-4-2-1-3-5-18;/h1-9,17,21H,10-15H2;1H/q+1;/p-1. The summed E-state index contributed by atoms with van der Waals surface area (Å²) in [5.41, 5.74) is 0.992. The van der Waals surface area contributed by atoms with Gasteiger partial charge in [0.15, 0.2) is 6.10 Å². The molecule has 3 aliphatic rings. The van der Waals surface area contributed by atoms with E-state index in [0.717, 1.165) is 25.9 Å². The number of quaternary nitrogens is 1. The van der Waals surface area contributed by atoms with Crippen molar-refractivity contribution in [2.45, 2.75) is 18.9 Å². The number of hydrogen-bond acceptors (Lipinski definition) is 5. The van der Waals surface area contributed by atoms with Crippen LogP contribution in [0.4, 0.5) is 5.69 Å². The Morgan fingerprint density at radius 2 is 1.63 bits per heavy atom. The first-order chi connectivity index (χ1) is 14.0. The molecule has 3 aliphatic heterocycles. The molecule has 3 heterocycles. The number of fused-ring (bicyclic) bond motifs is 3. The van der Waals surface area contributed by atoms with E-state index in [4.69, 9.17) is 4.74 Å². The Bertz CT molecular complexity index is 924. The van der Waals surface area contributed by atoms with Crippen molar-refractivity contribution in [1.82, 2.24) is 0 Å². The van der Waals surface area contributed by atoms with Crippen molar-refractivity contribution < 1.29 is 40.7 Å². The number of benzene rings is 2. The zero-order valence-electron chi connectivity index (χ0n) is 16.4. The first-order valence-corrected chi connectivity index (χ1v) is 9.85. The van der Waals surface area contributed by atoms with Crippen molar-refractivity contribution in [2.75, 3.05) is 26.2 Å². The maximum Gasteiger partial charge on any atom is 0.338 e. The van der Waals surface area contributed by atoms with Gasteiger partial charge in [0.05, 0.1) is 23.6 Å². The van der Waals surface area contributed by atoms with Crippen molar-refractivity contribution in [2.24, 2.45) is 5.92 Å². The molecule has 3 saturated heterocycles. The van der Waals surface area contributed by atoms with Crippen LogP contribution in [0.3, 0.4) is 0 Å². The average molecular weight is 475 g/mol. The van der Waals surface area contributed by atoms with Gasteiger partial charge in [-0.05, 0) is 24.3 Å². The van der Waals surface area contributed by atoms with Gasteiger partial charge >= 0.3 is 5.97 Å². The number of Topliss-reactive ketones (excluding diaryl/α,β-unsaturated/α-hetero) is 1. The number of ketones is 1. The smallest absolute Gasteiger partial charge is 0.338 e. The minimum Gasteiger partial charge on any atom is -1.00 e. The first kappa shape index (κ1) is 22.1. The molecule has 2 aromatic carbocycles. The lowest BCUT2D eigenvalue weighted by atomic mass is 9.82. The lowest BCUT2D eigenvalue weighted by Crippen LogP contribution is -3.00. The first-order valence-electron chi connectivity index (χ1n) is 9.85. The van der Waals surface area contributed by atoms with Crippen LogP contribution in [0.25, 0.3) is 0 Å². The quantitative estimate of drug-likeness (QED) is 0.197. The molecule has 0 N–H and O–H groups in total. The van der Waals surface area contributed by atoms with Gasteiger partial charge in [0.2, 0.25) is 5.78 Å². The van der Waals surface area contributed by atoms with Crippen LogP contribution in [0.5, 0.6) is 0 Å². The molecular formula is C22H23BrN2O5. The van der Waals surface area contributed by atoms with Gasteiger partial charge in [-0.1, -0.05) is 18.2 Å². The molecular weight excluding hydrogens is 452 g/mol. The van der Waals surface area contributed by atoms with E-state index in [1.165, 1.54) is 24.3 Å². The van der Waals surface area contributed by atoms with Gasteiger partial charge in [-0.15, -0.1) is 0 Å². The number of carbonyl (C=O) groups excluding carboxylic acids is 2. The summed E-state index contributed by atoms with van der Waals surface area (Å²) in [6, 6.07) is 14.7. The molecule has 1 atom stereocenters. The third-order valence-corrected chi connectivity index (χ3v) is 6.19. The van der Waals surface area contributed by atoms with E-state index in [2.05, 4.69) is 0 Å². The van der Waals surface area contributed by atoms with Crippen LogP contribution in [0.1, 0.15) is 33.6 Å². The second-order valence-corrected chi connectivity index (χ2v) is 8.00. The number of halogens is 1. The number of ether oxygens (including phenoxy) is 1. The Kier molecular flexibility index (Phi) is 6.67. The normalized spacial score (nSPS) is 24.5.